The Kier molecular flexibility index (Phi) is 3.28. The van der Waals surface area contributed by atoms with Gasteiger partial charge < -0.3 is 9.47 Å². The van der Waals surface area contributed by atoms with Crippen LogP contribution < -0.4 is 9.47 Å². The maximum atomic E-state index is 5.15. The highest BCUT2D eigenvalue weighted by Gasteiger charge is 2.14. The van der Waals surface area contributed by atoms with E-state index in [1.165, 1.54) is 0 Å². The Balaban J connectivity index is 3.24. The Morgan fingerprint density at radius 2 is 1.57 bits per heavy atom. The molecular weight excluding hydrogens is 180 g/mol. The second-order valence-electron chi connectivity index (χ2n) is 3.37. The standard InChI is InChI=1S/C10H16N2O2/c1-6(2)8-10(14-5)12-9(13-4)7(3)11-8/h6H,1-5H3. The molecule has 1 rings (SSSR count). The molecule has 0 aliphatic heterocycles. The van der Waals surface area contributed by atoms with Crippen LogP contribution in [0.15, 0.2) is 0 Å². The number of aromatic nitrogens is 2. The first-order valence-electron chi connectivity index (χ1n) is 4.56. The Labute approximate surface area is 84.3 Å². The predicted molar refractivity (Wildman–Crippen MR) is 54.0 cm³/mol. The summed E-state index contributed by atoms with van der Waals surface area (Å²) in [5.41, 5.74) is 1.66. The van der Waals surface area contributed by atoms with E-state index in [1.807, 2.05) is 6.92 Å². The van der Waals surface area contributed by atoms with Crippen molar-refractivity contribution in [3.63, 3.8) is 0 Å². The van der Waals surface area contributed by atoms with E-state index in [1.54, 1.807) is 14.2 Å². The molecule has 0 aromatic carbocycles. The van der Waals surface area contributed by atoms with Crippen molar-refractivity contribution in [1.82, 2.24) is 9.97 Å². The molecule has 0 saturated heterocycles. The smallest absolute Gasteiger partial charge is 0.238 e. The number of methoxy groups -OCH3 is 2. The van der Waals surface area contributed by atoms with Crippen LogP contribution in [-0.2, 0) is 0 Å². The SMILES string of the molecule is COc1nc(OC)c(C(C)C)nc1C. The summed E-state index contributed by atoms with van der Waals surface area (Å²) in [4.78, 5) is 8.63. The molecule has 0 spiro atoms. The molecule has 0 aliphatic rings. The molecule has 0 bridgehead atoms. The van der Waals surface area contributed by atoms with E-state index in [2.05, 4.69) is 23.8 Å². The molecule has 0 amide bonds. The summed E-state index contributed by atoms with van der Waals surface area (Å²) in [6.07, 6.45) is 0. The van der Waals surface area contributed by atoms with Gasteiger partial charge in [0.2, 0.25) is 11.8 Å². The Hall–Kier alpha value is -1.32. The molecule has 0 N–H and O–H groups in total. The van der Waals surface area contributed by atoms with E-state index in [-0.39, 0.29) is 0 Å². The van der Waals surface area contributed by atoms with Crippen molar-refractivity contribution in [3.8, 4) is 11.8 Å². The lowest BCUT2D eigenvalue weighted by Crippen LogP contribution is -2.04. The largest absolute Gasteiger partial charge is 0.480 e. The van der Waals surface area contributed by atoms with Crippen molar-refractivity contribution < 1.29 is 9.47 Å². The normalized spacial score (nSPS) is 10.4. The van der Waals surface area contributed by atoms with Gasteiger partial charge in [-0.15, -0.1) is 0 Å². The summed E-state index contributed by atoms with van der Waals surface area (Å²) in [5.74, 6) is 1.36. The molecule has 1 aromatic heterocycles. The average Bonchev–Trinajstić information content (AvgIpc) is 2.17. The molecule has 4 nitrogen and oxygen atoms in total. The zero-order valence-corrected chi connectivity index (χ0v) is 9.29. The van der Waals surface area contributed by atoms with Gasteiger partial charge in [0.05, 0.1) is 19.9 Å². The van der Waals surface area contributed by atoms with Gasteiger partial charge in [-0.25, -0.2) is 4.98 Å². The van der Waals surface area contributed by atoms with Gasteiger partial charge in [-0.2, -0.15) is 4.98 Å². The number of hydrogen-bond donors (Lipinski definition) is 0. The van der Waals surface area contributed by atoms with Crippen LogP contribution in [0.1, 0.15) is 31.2 Å². The van der Waals surface area contributed by atoms with Gasteiger partial charge in [0.15, 0.2) is 0 Å². The molecule has 1 heterocycles. The molecule has 0 saturated carbocycles. The minimum Gasteiger partial charge on any atom is -0.480 e. The van der Waals surface area contributed by atoms with E-state index in [0.29, 0.717) is 17.7 Å². The van der Waals surface area contributed by atoms with Crippen LogP contribution in [0.25, 0.3) is 0 Å². The lowest BCUT2D eigenvalue weighted by Gasteiger charge is -2.12. The number of aryl methyl sites for hydroxylation is 1. The van der Waals surface area contributed by atoms with Crippen molar-refractivity contribution in [3.05, 3.63) is 11.4 Å². The number of rotatable bonds is 3. The summed E-state index contributed by atoms with van der Waals surface area (Å²) in [7, 11) is 3.16. The highest BCUT2D eigenvalue weighted by Crippen LogP contribution is 2.26. The van der Waals surface area contributed by atoms with Crippen LogP contribution in [0.3, 0.4) is 0 Å². The first kappa shape index (κ1) is 10.8. The number of hydrogen-bond acceptors (Lipinski definition) is 4. The fraction of sp³-hybridized carbons (Fsp3) is 0.600. The van der Waals surface area contributed by atoms with E-state index >= 15 is 0 Å². The van der Waals surface area contributed by atoms with Gasteiger partial charge in [-0.3, -0.25) is 0 Å². The van der Waals surface area contributed by atoms with Gasteiger partial charge in [0.1, 0.15) is 5.69 Å². The molecule has 4 heteroatoms. The van der Waals surface area contributed by atoms with Crippen molar-refractivity contribution in [2.75, 3.05) is 14.2 Å². The first-order chi connectivity index (χ1) is 6.60. The molecule has 14 heavy (non-hydrogen) atoms. The minimum absolute atomic E-state index is 0.294. The second-order valence-corrected chi connectivity index (χ2v) is 3.37. The zero-order valence-electron chi connectivity index (χ0n) is 9.29. The van der Waals surface area contributed by atoms with Crippen LogP contribution >= 0.6 is 0 Å². The molecule has 78 valence electrons. The third-order valence-electron chi connectivity index (χ3n) is 1.95. The van der Waals surface area contributed by atoms with Crippen LogP contribution in [0, 0.1) is 6.92 Å². The van der Waals surface area contributed by atoms with Crippen LogP contribution in [0.4, 0.5) is 0 Å². The van der Waals surface area contributed by atoms with Crippen molar-refractivity contribution in [1.29, 1.82) is 0 Å². The highest BCUT2D eigenvalue weighted by molar-refractivity contribution is 5.29. The van der Waals surface area contributed by atoms with E-state index in [9.17, 15) is 0 Å². The van der Waals surface area contributed by atoms with Gasteiger partial charge in [-0.05, 0) is 6.92 Å². The summed E-state index contributed by atoms with van der Waals surface area (Å²) >= 11 is 0. The number of ether oxygens (including phenoxy) is 2. The van der Waals surface area contributed by atoms with Crippen molar-refractivity contribution in [2.24, 2.45) is 0 Å². The Bertz CT molecular complexity index is 324. The lowest BCUT2D eigenvalue weighted by atomic mass is 10.1. The fourth-order valence-electron chi connectivity index (χ4n) is 1.23. The van der Waals surface area contributed by atoms with Gasteiger partial charge >= 0.3 is 0 Å². The Morgan fingerprint density at radius 3 is 2.00 bits per heavy atom. The minimum atomic E-state index is 0.294. The molecule has 0 aliphatic carbocycles. The third-order valence-corrected chi connectivity index (χ3v) is 1.95. The monoisotopic (exact) mass is 196 g/mol. The molecule has 1 aromatic rings. The second kappa shape index (κ2) is 4.26. The van der Waals surface area contributed by atoms with Crippen molar-refractivity contribution >= 4 is 0 Å². The highest BCUT2D eigenvalue weighted by atomic mass is 16.5. The molecule has 0 radical (unpaired) electrons. The molecular formula is C10H16N2O2. The summed E-state index contributed by atoms with van der Waals surface area (Å²) in [5, 5.41) is 0. The quantitative estimate of drug-likeness (QED) is 0.741. The van der Waals surface area contributed by atoms with Gasteiger partial charge in [-0.1, -0.05) is 13.8 Å². The van der Waals surface area contributed by atoms with Gasteiger partial charge in [0.25, 0.3) is 0 Å². The molecule has 0 atom stereocenters. The van der Waals surface area contributed by atoms with Crippen LogP contribution in [0.2, 0.25) is 0 Å². The summed E-state index contributed by atoms with van der Waals surface area (Å²) in [6.45, 7) is 5.98. The fourth-order valence-corrected chi connectivity index (χ4v) is 1.23. The van der Waals surface area contributed by atoms with Gasteiger partial charge in [0, 0.05) is 5.92 Å². The summed E-state index contributed by atoms with van der Waals surface area (Å²) in [6, 6.07) is 0. The maximum absolute atomic E-state index is 5.15. The zero-order chi connectivity index (χ0) is 10.7. The maximum Gasteiger partial charge on any atom is 0.238 e. The Morgan fingerprint density at radius 1 is 1.00 bits per heavy atom. The van der Waals surface area contributed by atoms with Crippen molar-refractivity contribution in [2.45, 2.75) is 26.7 Å². The lowest BCUT2D eigenvalue weighted by molar-refractivity contribution is 0.352. The molecule has 0 fully saturated rings. The average molecular weight is 196 g/mol. The van der Waals surface area contributed by atoms with E-state index in [4.69, 9.17) is 9.47 Å². The van der Waals surface area contributed by atoms with E-state index in [0.717, 1.165) is 11.4 Å². The van der Waals surface area contributed by atoms with Crippen LogP contribution in [-0.4, -0.2) is 24.2 Å². The summed E-state index contributed by atoms with van der Waals surface area (Å²) < 4.78 is 10.2. The predicted octanol–water partition coefficient (Wildman–Crippen LogP) is 1.93. The number of nitrogens with zero attached hydrogens (tertiary/aromatic N) is 2. The van der Waals surface area contributed by atoms with Crippen LogP contribution in [0.5, 0.6) is 11.8 Å². The van der Waals surface area contributed by atoms with E-state index < -0.39 is 0 Å². The topological polar surface area (TPSA) is 44.2 Å². The molecule has 0 unspecified atom stereocenters. The third kappa shape index (κ3) is 1.95. The first-order valence-corrected chi connectivity index (χ1v) is 4.56.